The van der Waals surface area contributed by atoms with Crippen LogP contribution >= 0.6 is 23.4 Å². The lowest BCUT2D eigenvalue weighted by Gasteiger charge is -2.27. The Kier molecular flexibility index (Phi) is 4.29. The summed E-state index contributed by atoms with van der Waals surface area (Å²) in [6.45, 7) is 1.82. The van der Waals surface area contributed by atoms with Crippen LogP contribution in [0, 0.1) is 0 Å². The van der Waals surface area contributed by atoms with E-state index in [-0.39, 0.29) is 0 Å². The quantitative estimate of drug-likeness (QED) is 0.854. The Hall–Kier alpha value is -0.640. The molecule has 1 saturated carbocycles. The van der Waals surface area contributed by atoms with Crippen LogP contribution in [0.4, 0.5) is 0 Å². The Morgan fingerprint density at radius 2 is 2.05 bits per heavy atom. The first-order chi connectivity index (χ1) is 9.74. The van der Waals surface area contributed by atoms with Gasteiger partial charge in [-0.2, -0.15) is 11.8 Å². The second kappa shape index (κ2) is 6.00. The van der Waals surface area contributed by atoms with E-state index < -0.39 is 0 Å². The highest BCUT2D eigenvalue weighted by atomic mass is 35.5. The molecule has 3 rings (SSSR count). The summed E-state index contributed by atoms with van der Waals surface area (Å²) in [5.74, 6) is 0. The van der Waals surface area contributed by atoms with Crippen LogP contribution in [-0.4, -0.2) is 17.5 Å². The lowest BCUT2D eigenvalue weighted by molar-refractivity contribution is 0.530. The summed E-state index contributed by atoms with van der Waals surface area (Å²) in [6.07, 6.45) is 7.59. The molecule has 0 unspecified atom stereocenters. The van der Waals surface area contributed by atoms with Crippen LogP contribution in [0.2, 0.25) is 5.22 Å². The topological polar surface area (TPSA) is 25.2 Å². The minimum atomic E-state index is 0.423. The van der Waals surface area contributed by atoms with Crippen molar-refractivity contribution in [1.82, 2.24) is 5.32 Å². The third-order valence-corrected chi connectivity index (χ3v) is 6.07. The first kappa shape index (κ1) is 14.3. The predicted octanol–water partition coefficient (Wildman–Crippen LogP) is 4.85. The van der Waals surface area contributed by atoms with E-state index in [2.05, 4.69) is 17.6 Å². The molecule has 1 fully saturated rings. The zero-order valence-electron chi connectivity index (χ0n) is 11.7. The van der Waals surface area contributed by atoms with Gasteiger partial charge in [0.15, 0.2) is 5.22 Å². The van der Waals surface area contributed by atoms with Crippen LogP contribution in [0.5, 0.6) is 0 Å². The lowest BCUT2D eigenvalue weighted by atomic mass is 10.1. The lowest BCUT2D eigenvalue weighted by Crippen LogP contribution is -2.34. The molecule has 0 saturated heterocycles. The fourth-order valence-corrected chi connectivity index (χ4v) is 4.32. The molecule has 4 heteroatoms. The summed E-state index contributed by atoms with van der Waals surface area (Å²) in [4.78, 5) is 0. The maximum Gasteiger partial charge on any atom is 0.199 e. The molecule has 1 aliphatic carbocycles. The first-order valence-corrected chi connectivity index (χ1v) is 8.76. The average molecular weight is 310 g/mol. The van der Waals surface area contributed by atoms with E-state index in [1.165, 1.54) is 25.7 Å². The highest BCUT2D eigenvalue weighted by Gasteiger charge is 2.32. The van der Waals surface area contributed by atoms with Crippen LogP contribution in [-0.2, 0) is 6.54 Å². The average Bonchev–Trinajstić information content (AvgIpc) is 3.05. The molecule has 20 heavy (non-hydrogen) atoms. The molecular formula is C16H20ClNOS. The monoisotopic (exact) mass is 309 g/mol. The molecule has 108 valence electrons. The molecule has 1 aromatic heterocycles. The molecule has 2 nitrogen and oxygen atoms in total. The summed E-state index contributed by atoms with van der Waals surface area (Å²) in [6, 6.07) is 8.03. The third kappa shape index (κ3) is 2.72. The van der Waals surface area contributed by atoms with Gasteiger partial charge < -0.3 is 9.73 Å². The predicted molar refractivity (Wildman–Crippen MR) is 87.6 cm³/mol. The Morgan fingerprint density at radius 1 is 1.30 bits per heavy atom. The number of furan rings is 1. The maximum absolute atomic E-state index is 6.22. The van der Waals surface area contributed by atoms with Gasteiger partial charge >= 0.3 is 0 Å². The Balaban J connectivity index is 1.69. The maximum atomic E-state index is 6.22. The van der Waals surface area contributed by atoms with Gasteiger partial charge in [-0.15, -0.1) is 0 Å². The van der Waals surface area contributed by atoms with Crippen LogP contribution in [0.15, 0.2) is 28.7 Å². The molecule has 0 amide bonds. The van der Waals surface area contributed by atoms with Gasteiger partial charge in [-0.25, -0.2) is 0 Å². The fraction of sp³-hybridized carbons (Fsp3) is 0.500. The number of para-hydroxylation sites is 1. The Morgan fingerprint density at radius 3 is 2.80 bits per heavy atom. The summed E-state index contributed by atoms with van der Waals surface area (Å²) in [7, 11) is 0. The molecule has 0 atom stereocenters. The largest absolute Gasteiger partial charge is 0.444 e. The van der Waals surface area contributed by atoms with Gasteiger partial charge in [-0.3, -0.25) is 0 Å². The Bertz CT molecular complexity index is 589. The van der Waals surface area contributed by atoms with E-state index in [4.69, 9.17) is 16.0 Å². The van der Waals surface area contributed by atoms with Crippen molar-refractivity contribution in [2.45, 2.75) is 37.0 Å². The van der Waals surface area contributed by atoms with Crippen molar-refractivity contribution in [2.75, 3.05) is 12.8 Å². The van der Waals surface area contributed by atoms with E-state index in [1.807, 2.05) is 30.0 Å². The highest BCUT2D eigenvalue weighted by Crippen LogP contribution is 2.39. The van der Waals surface area contributed by atoms with Gasteiger partial charge in [0.25, 0.3) is 0 Å². The number of rotatable bonds is 5. The first-order valence-electron chi connectivity index (χ1n) is 7.16. The molecule has 2 aromatic rings. The van der Waals surface area contributed by atoms with E-state index in [0.29, 0.717) is 9.97 Å². The number of hydrogen-bond donors (Lipinski definition) is 1. The molecule has 1 heterocycles. The summed E-state index contributed by atoms with van der Waals surface area (Å²) in [5, 5.41) is 5.23. The normalized spacial score (nSPS) is 17.9. The van der Waals surface area contributed by atoms with E-state index >= 15 is 0 Å². The molecule has 1 aromatic carbocycles. The van der Waals surface area contributed by atoms with Crippen LogP contribution in [0.1, 0.15) is 31.2 Å². The molecule has 0 radical (unpaired) electrons. The van der Waals surface area contributed by atoms with Gasteiger partial charge in [0.2, 0.25) is 0 Å². The van der Waals surface area contributed by atoms with Crippen molar-refractivity contribution < 1.29 is 4.42 Å². The fourth-order valence-electron chi connectivity index (χ4n) is 3.12. The van der Waals surface area contributed by atoms with Crippen LogP contribution < -0.4 is 5.32 Å². The minimum Gasteiger partial charge on any atom is -0.444 e. The van der Waals surface area contributed by atoms with Crippen molar-refractivity contribution in [3.8, 4) is 0 Å². The summed E-state index contributed by atoms with van der Waals surface area (Å²) in [5.41, 5.74) is 1.95. The summed E-state index contributed by atoms with van der Waals surface area (Å²) >= 11 is 8.23. The number of benzene rings is 1. The standard InChI is InChI=1S/C16H20ClNOS/c1-20-16(8-4-5-9-16)11-18-10-13-12-6-2-3-7-14(12)19-15(13)17/h2-3,6-7,18H,4-5,8-11H2,1H3. The SMILES string of the molecule is CSC1(CNCc2c(Cl)oc3ccccc23)CCCC1. The van der Waals surface area contributed by atoms with Crippen molar-refractivity contribution in [1.29, 1.82) is 0 Å². The van der Waals surface area contributed by atoms with Gasteiger partial charge in [0, 0.05) is 28.8 Å². The number of hydrogen-bond acceptors (Lipinski definition) is 3. The van der Waals surface area contributed by atoms with Gasteiger partial charge in [-0.05, 0) is 36.8 Å². The van der Waals surface area contributed by atoms with Gasteiger partial charge in [-0.1, -0.05) is 31.0 Å². The zero-order valence-corrected chi connectivity index (χ0v) is 13.3. The molecule has 1 N–H and O–H groups in total. The van der Waals surface area contributed by atoms with Gasteiger partial charge in [0.05, 0.1) is 0 Å². The minimum absolute atomic E-state index is 0.423. The molecule has 0 aliphatic heterocycles. The van der Waals surface area contributed by atoms with E-state index in [1.54, 1.807) is 0 Å². The zero-order chi connectivity index (χ0) is 14.0. The van der Waals surface area contributed by atoms with Crippen molar-refractivity contribution in [2.24, 2.45) is 0 Å². The smallest absolute Gasteiger partial charge is 0.199 e. The van der Waals surface area contributed by atoms with Crippen LogP contribution in [0.25, 0.3) is 11.0 Å². The number of thioether (sulfide) groups is 1. The van der Waals surface area contributed by atoms with Gasteiger partial charge in [0.1, 0.15) is 5.58 Å². The second-order valence-corrected chi connectivity index (χ2v) is 7.17. The molecule has 0 bridgehead atoms. The second-order valence-electron chi connectivity index (χ2n) is 5.55. The number of halogens is 1. The number of fused-ring (bicyclic) bond motifs is 1. The van der Waals surface area contributed by atoms with E-state index in [9.17, 15) is 0 Å². The van der Waals surface area contributed by atoms with Crippen molar-refractivity contribution in [3.05, 3.63) is 35.0 Å². The summed E-state index contributed by atoms with van der Waals surface area (Å²) < 4.78 is 6.02. The highest BCUT2D eigenvalue weighted by molar-refractivity contribution is 8.00. The Labute approximate surface area is 129 Å². The molecular weight excluding hydrogens is 290 g/mol. The van der Waals surface area contributed by atoms with E-state index in [0.717, 1.165) is 29.6 Å². The van der Waals surface area contributed by atoms with Crippen LogP contribution in [0.3, 0.4) is 0 Å². The third-order valence-electron chi connectivity index (χ3n) is 4.35. The molecule has 0 spiro atoms. The number of nitrogens with one attached hydrogen (secondary N) is 1. The van der Waals surface area contributed by atoms with Crippen molar-refractivity contribution >= 4 is 34.3 Å². The van der Waals surface area contributed by atoms with Crippen molar-refractivity contribution in [3.63, 3.8) is 0 Å². The molecule has 1 aliphatic rings.